The number of nitrogens with zero attached hydrogens (tertiary/aromatic N) is 1. The number of urea groups is 1. The van der Waals surface area contributed by atoms with Gasteiger partial charge >= 0.3 is 6.03 Å². The van der Waals surface area contributed by atoms with Gasteiger partial charge in [-0.3, -0.25) is 10.1 Å². The van der Waals surface area contributed by atoms with Gasteiger partial charge in [-0.05, 0) is 29.8 Å². The predicted octanol–water partition coefficient (Wildman–Crippen LogP) is 5.78. The molecule has 2 N–H and O–H groups in total. The molecule has 0 spiro atoms. The Morgan fingerprint density at radius 2 is 1.76 bits per heavy atom. The number of aromatic nitrogens is 1. The zero-order chi connectivity index (χ0) is 20.8. The molecule has 0 bridgehead atoms. The number of hydrogen-bond acceptors (Lipinski definition) is 4. The highest BCUT2D eigenvalue weighted by Gasteiger charge is 2.18. The van der Waals surface area contributed by atoms with Crippen molar-refractivity contribution in [1.82, 2.24) is 10.3 Å². The number of rotatable bonds is 5. The maximum atomic E-state index is 13.5. The lowest BCUT2D eigenvalue weighted by Gasteiger charge is -2.09. The second-order valence-corrected chi connectivity index (χ2v) is 7.57. The number of benzene rings is 2. The molecule has 2 aromatic carbocycles. The first-order valence-corrected chi connectivity index (χ1v) is 10.1. The van der Waals surface area contributed by atoms with Gasteiger partial charge in [-0.15, -0.1) is 11.8 Å². The topological polar surface area (TPSA) is 71.1 Å². The van der Waals surface area contributed by atoms with Crippen molar-refractivity contribution in [3.8, 4) is 0 Å². The van der Waals surface area contributed by atoms with Crippen LogP contribution in [0.2, 0.25) is 10.3 Å². The molecule has 0 atom stereocenters. The molecule has 0 unspecified atom stereocenters. The Morgan fingerprint density at radius 3 is 2.52 bits per heavy atom. The summed E-state index contributed by atoms with van der Waals surface area (Å²) in [6.07, 6.45) is 0. The van der Waals surface area contributed by atoms with E-state index >= 15 is 0 Å². The Morgan fingerprint density at radius 1 is 1.00 bits per heavy atom. The van der Waals surface area contributed by atoms with E-state index in [9.17, 15) is 14.0 Å². The zero-order valence-corrected chi connectivity index (χ0v) is 17.1. The van der Waals surface area contributed by atoms with E-state index in [0.717, 1.165) is 16.7 Å². The van der Waals surface area contributed by atoms with Crippen LogP contribution in [0.4, 0.5) is 14.9 Å². The number of pyridine rings is 1. The standard InChI is InChI=1S/C20H14Cl2FN3O2S/c21-17-15(10-16(23)18(22)25-17)19(27)26-20(28)24-13-7-4-8-14(9-13)29-11-12-5-2-1-3-6-12/h1-10H,11H2,(H2,24,26,27,28). The van der Waals surface area contributed by atoms with Crippen molar-refractivity contribution in [3.63, 3.8) is 0 Å². The fourth-order valence-corrected chi connectivity index (χ4v) is 3.66. The minimum absolute atomic E-state index is 0.295. The SMILES string of the molecule is O=C(NC(=O)c1cc(F)c(Cl)nc1Cl)Nc1cccc(SCc2ccccc2)c1. The molecule has 0 radical (unpaired) electrons. The summed E-state index contributed by atoms with van der Waals surface area (Å²) in [5.41, 5.74) is 1.38. The molecule has 29 heavy (non-hydrogen) atoms. The lowest BCUT2D eigenvalue weighted by molar-refractivity contribution is 0.0966. The third kappa shape index (κ3) is 5.93. The Labute approximate surface area is 180 Å². The van der Waals surface area contributed by atoms with E-state index in [0.29, 0.717) is 5.69 Å². The molecule has 148 valence electrons. The molecule has 0 aliphatic rings. The van der Waals surface area contributed by atoms with Crippen LogP contribution in [0.3, 0.4) is 0 Å². The third-order valence-corrected chi connectivity index (χ3v) is 5.32. The van der Waals surface area contributed by atoms with Crippen molar-refractivity contribution < 1.29 is 14.0 Å². The number of nitrogens with one attached hydrogen (secondary N) is 2. The average molecular weight is 450 g/mol. The molecule has 5 nitrogen and oxygen atoms in total. The van der Waals surface area contributed by atoms with Crippen molar-refractivity contribution >= 4 is 52.6 Å². The van der Waals surface area contributed by atoms with Crippen molar-refractivity contribution in [2.45, 2.75) is 10.6 Å². The molecule has 0 saturated carbocycles. The van der Waals surface area contributed by atoms with Crippen molar-refractivity contribution in [2.75, 3.05) is 5.32 Å². The summed E-state index contributed by atoms with van der Waals surface area (Å²) in [6.45, 7) is 0. The van der Waals surface area contributed by atoms with E-state index in [1.54, 1.807) is 30.0 Å². The molecular weight excluding hydrogens is 436 g/mol. The Bertz CT molecular complexity index is 1050. The number of carbonyl (C=O) groups excluding carboxylic acids is 2. The van der Waals surface area contributed by atoms with E-state index in [1.165, 1.54) is 5.56 Å². The van der Waals surface area contributed by atoms with Crippen LogP contribution in [0, 0.1) is 5.82 Å². The first-order valence-electron chi connectivity index (χ1n) is 8.33. The summed E-state index contributed by atoms with van der Waals surface area (Å²) in [7, 11) is 0. The van der Waals surface area contributed by atoms with Crippen molar-refractivity contribution in [2.24, 2.45) is 0 Å². The van der Waals surface area contributed by atoms with Crippen LogP contribution in [0.5, 0.6) is 0 Å². The maximum absolute atomic E-state index is 13.5. The lowest BCUT2D eigenvalue weighted by Crippen LogP contribution is -2.34. The number of hydrogen-bond donors (Lipinski definition) is 2. The normalized spacial score (nSPS) is 10.4. The second-order valence-electron chi connectivity index (χ2n) is 5.81. The quantitative estimate of drug-likeness (QED) is 0.382. The van der Waals surface area contributed by atoms with Crippen molar-refractivity contribution in [3.05, 3.63) is 87.9 Å². The van der Waals surface area contributed by atoms with Crippen LogP contribution in [-0.4, -0.2) is 16.9 Å². The molecule has 0 fully saturated rings. The molecular formula is C20H14Cl2FN3O2S. The highest BCUT2D eigenvalue weighted by atomic mass is 35.5. The van der Waals surface area contributed by atoms with Gasteiger partial charge in [0.25, 0.3) is 5.91 Å². The zero-order valence-electron chi connectivity index (χ0n) is 14.8. The summed E-state index contributed by atoms with van der Waals surface area (Å²) in [5.74, 6) is -1.03. The van der Waals surface area contributed by atoms with E-state index in [2.05, 4.69) is 15.6 Å². The van der Waals surface area contributed by atoms with E-state index in [-0.39, 0.29) is 10.7 Å². The Balaban J connectivity index is 1.60. The van der Waals surface area contributed by atoms with Gasteiger partial charge in [0.1, 0.15) is 5.15 Å². The van der Waals surface area contributed by atoms with E-state index in [4.69, 9.17) is 23.2 Å². The Kier molecular flexibility index (Phi) is 7.09. The molecule has 3 aromatic rings. The number of carbonyl (C=O) groups is 2. The highest BCUT2D eigenvalue weighted by Crippen LogP contribution is 2.25. The van der Waals surface area contributed by atoms with Crippen LogP contribution < -0.4 is 10.6 Å². The van der Waals surface area contributed by atoms with Gasteiger partial charge in [-0.1, -0.05) is 59.6 Å². The van der Waals surface area contributed by atoms with Gasteiger partial charge in [0.05, 0.1) is 5.56 Å². The number of amides is 3. The number of thioether (sulfide) groups is 1. The van der Waals surface area contributed by atoms with Gasteiger partial charge < -0.3 is 5.32 Å². The number of halogens is 3. The second kappa shape index (κ2) is 9.73. The van der Waals surface area contributed by atoms with Gasteiger partial charge in [0.2, 0.25) is 0 Å². The smallest absolute Gasteiger partial charge is 0.308 e. The van der Waals surface area contributed by atoms with Crippen molar-refractivity contribution in [1.29, 1.82) is 0 Å². The number of imide groups is 1. The monoisotopic (exact) mass is 449 g/mol. The fraction of sp³-hybridized carbons (Fsp3) is 0.0500. The molecule has 1 aromatic heterocycles. The summed E-state index contributed by atoms with van der Waals surface area (Å²) in [4.78, 5) is 28.7. The minimum atomic E-state index is -0.912. The summed E-state index contributed by atoms with van der Waals surface area (Å²) < 4.78 is 13.5. The third-order valence-electron chi connectivity index (χ3n) is 3.70. The maximum Gasteiger partial charge on any atom is 0.326 e. The van der Waals surface area contributed by atoms with E-state index < -0.39 is 22.9 Å². The predicted molar refractivity (Wildman–Crippen MR) is 113 cm³/mol. The minimum Gasteiger partial charge on any atom is -0.308 e. The lowest BCUT2D eigenvalue weighted by atomic mass is 10.2. The van der Waals surface area contributed by atoms with Crippen LogP contribution in [0.15, 0.2) is 65.6 Å². The van der Waals surface area contributed by atoms with Gasteiger partial charge in [0, 0.05) is 16.3 Å². The summed E-state index contributed by atoms with van der Waals surface area (Å²) in [5, 5.41) is 3.88. The van der Waals surface area contributed by atoms with Gasteiger partial charge in [0.15, 0.2) is 11.0 Å². The Hall–Kier alpha value is -2.61. The summed E-state index contributed by atoms with van der Waals surface area (Å²) >= 11 is 12.9. The molecule has 3 rings (SSSR count). The molecule has 0 aliphatic heterocycles. The highest BCUT2D eigenvalue weighted by molar-refractivity contribution is 7.98. The van der Waals surface area contributed by atoms with Crippen LogP contribution >= 0.6 is 35.0 Å². The first-order chi connectivity index (χ1) is 13.9. The molecule has 3 amide bonds. The molecule has 9 heteroatoms. The largest absolute Gasteiger partial charge is 0.326 e. The molecule has 1 heterocycles. The van der Waals surface area contributed by atoms with E-state index in [1.807, 2.05) is 36.4 Å². The van der Waals surface area contributed by atoms with Crippen LogP contribution in [0.1, 0.15) is 15.9 Å². The van der Waals surface area contributed by atoms with Gasteiger partial charge in [-0.2, -0.15) is 0 Å². The molecule has 0 aliphatic carbocycles. The average Bonchev–Trinajstić information content (AvgIpc) is 2.70. The fourth-order valence-electron chi connectivity index (χ4n) is 2.34. The summed E-state index contributed by atoms with van der Waals surface area (Å²) in [6, 6.07) is 17.2. The number of anilines is 1. The van der Waals surface area contributed by atoms with Crippen LogP contribution in [-0.2, 0) is 5.75 Å². The van der Waals surface area contributed by atoms with Crippen LogP contribution in [0.25, 0.3) is 0 Å². The molecule has 0 saturated heterocycles. The first kappa shape index (κ1) is 21.1. The van der Waals surface area contributed by atoms with Gasteiger partial charge in [-0.25, -0.2) is 14.2 Å².